The van der Waals surface area contributed by atoms with E-state index >= 15 is 0 Å². The molecule has 0 aliphatic carbocycles. The maximum Gasteiger partial charge on any atom is 0.434 e. The third-order valence-corrected chi connectivity index (χ3v) is 4.38. The lowest BCUT2D eigenvalue weighted by molar-refractivity contribution is -0.396. The molecule has 13 nitrogen and oxygen atoms in total. The minimum Gasteiger partial charge on any atom is -0.411 e. The molecular weight excluding hydrogens is 386 g/mol. The summed E-state index contributed by atoms with van der Waals surface area (Å²) in [6, 6.07) is 0. The molecule has 0 fully saturated rings. The number of oxime groups is 2. The summed E-state index contributed by atoms with van der Waals surface area (Å²) < 4.78 is 1.36. The largest absolute Gasteiger partial charge is 0.434 e. The molecule has 1 aromatic rings. The Kier molecular flexibility index (Phi) is 9.10. The molecule has 0 aliphatic rings. The number of hydrogen-bond acceptors (Lipinski definition) is 11. The second kappa shape index (κ2) is 10.8. The lowest BCUT2D eigenvalue weighted by Gasteiger charge is -2.28. The van der Waals surface area contributed by atoms with Gasteiger partial charge in [-0.05, 0) is 32.6 Å². The van der Waals surface area contributed by atoms with Crippen molar-refractivity contribution in [3.63, 3.8) is 0 Å². The van der Waals surface area contributed by atoms with Crippen LogP contribution in [-0.4, -0.2) is 72.3 Å². The van der Waals surface area contributed by atoms with E-state index in [1.165, 1.54) is 17.0 Å². The number of rotatable bonds is 13. The maximum absolute atomic E-state index is 10.9. The molecule has 29 heavy (non-hydrogen) atoms. The predicted molar refractivity (Wildman–Crippen MR) is 104 cm³/mol. The third-order valence-electron chi connectivity index (χ3n) is 4.38. The number of nitro groups is 1. The molecule has 0 amide bonds. The van der Waals surface area contributed by atoms with E-state index in [9.17, 15) is 20.4 Å². The molecule has 13 heteroatoms. The van der Waals surface area contributed by atoms with Crippen molar-refractivity contribution in [3.8, 4) is 0 Å². The molecule has 0 atom stereocenters. The molecule has 5 N–H and O–H groups in total. The van der Waals surface area contributed by atoms with E-state index in [2.05, 4.69) is 26.1 Å². The van der Waals surface area contributed by atoms with Gasteiger partial charge in [0.2, 0.25) is 0 Å². The van der Waals surface area contributed by atoms with Crippen LogP contribution in [0.5, 0.6) is 0 Å². The molecule has 0 radical (unpaired) electrons. The summed E-state index contributed by atoms with van der Waals surface area (Å²) in [5.74, 6) is -0.285. The van der Waals surface area contributed by atoms with Crippen LogP contribution < -0.4 is 10.8 Å². The van der Waals surface area contributed by atoms with Crippen molar-refractivity contribution < 1.29 is 25.3 Å². The summed E-state index contributed by atoms with van der Waals surface area (Å²) in [6.07, 6.45) is 3.04. The van der Waals surface area contributed by atoms with Crippen molar-refractivity contribution in [1.82, 2.24) is 20.3 Å². The number of aliphatic hydroxyl groups excluding tert-OH is 1. The standard InChI is InChI=1S/C16H29N7O6/c1-15(2,13(11-24)20-26)18-7-10-29-21-16(3,4)12(19-25)5-8-22-9-6-17-14(22)23(27)28/h6,9,18,21,24-26H,5,7-8,10-11H2,1-4H3. The Morgan fingerprint density at radius 1 is 1.28 bits per heavy atom. The van der Waals surface area contributed by atoms with Crippen LogP contribution in [0.15, 0.2) is 22.7 Å². The minimum atomic E-state index is -0.845. The second-order valence-electron chi connectivity index (χ2n) is 7.31. The topological polar surface area (TPSA) is 180 Å². The highest BCUT2D eigenvalue weighted by Crippen LogP contribution is 2.13. The first-order chi connectivity index (χ1) is 13.6. The molecule has 1 aromatic heterocycles. The smallest absolute Gasteiger partial charge is 0.411 e. The molecule has 0 aromatic carbocycles. The molecule has 0 aliphatic heterocycles. The Bertz CT molecular complexity index is 729. The van der Waals surface area contributed by atoms with Gasteiger partial charge in [-0.1, -0.05) is 15.3 Å². The Labute approximate surface area is 168 Å². The van der Waals surface area contributed by atoms with Gasteiger partial charge < -0.3 is 31.0 Å². The first kappa shape index (κ1) is 24.4. The van der Waals surface area contributed by atoms with Gasteiger partial charge in [0.05, 0.1) is 36.5 Å². The van der Waals surface area contributed by atoms with Gasteiger partial charge in [0.15, 0.2) is 0 Å². The van der Waals surface area contributed by atoms with Crippen LogP contribution >= 0.6 is 0 Å². The molecule has 0 bridgehead atoms. The molecule has 0 saturated heterocycles. The number of hydrogen-bond donors (Lipinski definition) is 5. The van der Waals surface area contributed by atoms with Gasteiger partial charge in [0, 0.05) is 13.0 Å². The minimum absolute atomic E-state index is 0.189. The zero-order valence-electron chi connectivity index (χ0n) is 17.0. The highest BCUT2D eigenvalue weighted by molar-refractivity contribution is 5.93. The fourth-order valence-electron chi connectivity index (χ4n) is 2.52. The SMILES string of the molecule is CC(C)(NCCONC(C)(C)C(CCn1ccnc1[N+](=O)[O-])=NO)C(CO)=NO. The monoisotopic (exact) mass is 415 g/mol. The van der Waals surface area contributed by atoms with E-state index in [1.807, 2.05) is 0 Å². The predicted octanol–water partition coefficient (Wildman–Crippen LogP) is 0.502. The molecule has 0 spiro atoms. The van der Waals surface area contributed by atoms with Crippen LogP contribution in [0.3, 0.4) is 0 Å². The van der Waals surface area contributed by atoms with E-state index in [1.54, 1.807) is 27.7 Å². The number of aromatic nitrogens is 2. The normalized spacial score (nSPS) is 13.7. The van der Waals surface area contributed by atoms with E-state index < -0.39 is 16.0 Å². The van der Waals surface area contributed by atoms with Gasteiger partial charge in [0.1, 0.15) is 18.1 Å². The Morgan fingerprint density at radius 2 is 1.93 bits per heavy atom. The molecule has 0 unspecified atom stereocenters. The zero-order chi connectivity index (χ0) is 22.1. The summed E-state index contributed by atoms with van der Waals surface area (Å²) in [5.41, 5.74) is 1.76. The van der Waals surface area contributed by atoms with Crippen LogP contribution in [0, 0.1) is 10.1 Å². The number of nitrogens with zero attached hydrogens (tertiary/aromatic N) is 5. The summed E-state index contributed by atoms with van der Waals surface area (Å²) in [4.78, 5) is 19.4. The van der Waals surface area contributed by atoms with Crippen molar-refractivity contribution in [1.29, 1.82) is 0 Å². The average Bonchev–Trinajstić information content (AvgIpc) is 3.11. The summed E-state index contributed by atoms with van der Waals surface area (Å²) >= 11 is 0. The van der Waals surface area contributed by atoms with Crippen molar-refractivity contribution >= 4 is 17.4 Å². The second-order valence-corrected chi connectivity index (χ2v) is 7.31. The number of aryl methyl sites for hydroxylation is 1. The van der Waals surface area contributed by atoms with E-state index in [4.69, 9.17) is 10.0 Å². The number of nitrogens with one attached hydrogen (secondary N) is 2. The van der Waals surface area contributed by atoms with Crippen molar-refractivity contribution in [3.05, 3.63) is 22.5 Å². The maximum atomic E-state index is 10.9. The first-order valence-electron chi connectivity index (χ1n) is 8.92. The van der Waals surface area contributed by atoms with Gasteiger partial charge in [-0.2, -0.15) is 5.48 Å². The zero-order valence-corrected chi connectivity index (χ0v) is 17.0. The van der Waals surface area contributed by atoms with E-state index in [0.29, 0.717) is 12.3 Å². The molecule has 1 heterocycles. The van der Waals surface area contributed by atoms with Crippen LogP contribution in [0.25, 0.3) is 0 Å². The van der Waals surface area contributed by atoms with Gasteiger partial charge >= 0.3 is 5.95 Å². The molecular formula is C16H29N7O6. The lowest BCUT2D eigenvalue weighted by Crippen LogP contribution is -2.51. The molecule has 164 valence electrons. The summed E-state index contributed by atoms with van der Waals surface area (Å²) in [7, 11) is 0. The Balaban J connectivity index is 2.51. The van der Waals surface area contributed by atoms with Gasteiger partial charge in [-0.25, -0.2) is 4.57 Å². The van der Waals surface area contributed by atoms with Gasteiger partial charge in [-0.3, -0.25) is 4.84 Å². The van der Waals surface area contributed by atoms with Crippen LogP contribution in [0.1, 0.15) is 34.1 Å². The van der Waals surface area contributed by atoms with Crippen molar-refractivity contribution in [2.75, 3.05) is 19.8 Å². The van der Waals surface area contributed by atoms with E-state index in [-0.39, 0.29) is 37.8 Å². The Morgan fingerprint density at radius 3 is 2.48 bits per heavy atom. The first-order valence-corrected chi connectivity index (χ1v) is 8.92. The number of hydroxylamine groups is 1. The lowest BCUT2D eigenvalue weighted by atomic mass is 9.97. The summed E-state index contributed by atoms with van der Waals surface area (Å²) in [6.45, 7) is 7.41. The van der Waals surface area contributed by atoms with Crippen LogP contribution in [-0.2, 0) is 11.4 Å². The summed E-state index contributed by atoms with van der Waals surface area (Å²) in [5, 5.41) is 47.8. The van der Waals surface area contributed by atoms with Gasteiger partial charge in [-0.15, -0.1) is 0 Å². The fourth-order valence-corrected chi connectivity index (χ4v) is 2.52. The number of aliphatic hydroxyl groups is 1. The van der Waals surface area contributed by atoms with Crippen LogP contribution in [0.2, 0.25) is 0 Å². The quantitative estimate of drug-likeness (QED) is 0.101. The van der Waals surface area contributed by atoms with Gasteiger partial charge in [0.25, 0.3) is 0 Å². The van der Waals surface area contributed by atoms with Crippen molar-refractivity contribution in [2.24, 2.45) is 10.3 Å². The van der Waals surface area contributed by atoms with Crippen molar-refractivity contribution in [2.45, 2.75) is 51.7 Å². The Hall–Kier alpha value is -2.61. The highest BCUT2D eigenvalue weighted by atomic mass is 16.6. The highest BCUT2D eigenvalue weighted by Gasteiger charge is 2.28. The third kappa shape index (κ3) is 7.05. The fraction of sp³-hybridized carbons (Fsp3) is 0.688. The average molecular weight is 415 g/mol. The number of imidazole rings is 1. The van der Waals surface area contributed by atoms with E-state index in [0.717, 1.165) is 0 Å². The van der Waals surface area contributed by atoms with Crippen LogP contribution in [0.4, 0.5) is 5.95 Å². The molecule has 1 rings (SSSR count). The molecule has 0 saturated carbocycles.